The quantitative estimate of drug-likeness (QED) is 0.388. The van der Waals surface area contributed by atoms with E-state index in [9.17, 15) is 27.6 Å². The molecular formula is C33H34F3N5O5. The van der Waals surface area contributed by atoms with Gasteiger partial charge in [0.1, 0.15) is 17.9 Å². The predicted molar refractivity (Wildman–Crippen MR) is 158 cm³/mol. The van der Waals surface area contributed by atoms with Gasteiger partial charge >= 0.3 is 6.18 Å². The summed E-state index contributed by atoms with van der Waals surface area (Å²) in [6.07, 6.45) is 1.34. The molecule has 0 radical (unpaired) electrons. The van der Waals surface area contributed by atoms with E-state index in [2.05, 4.69) is 15.3 Å². The minimum Gasteiger partial charge on any atom is -0.489 e. The van der Waals surface area contributed by atoms with Crippen molar-refractivity contribution in [3.63, 3.8) is 0 Å². The Morgan fingerprint density at radius 2 is 1.85 bits per heavy atom. The number of halogens is 3. The third-order valence-electron chi connectivity index (χ3n) is 9.34. The largest absolute Gasteiger partial charge is 0.489 e. The van der Waals surface area contributed by atoms with E-state index in [1.807, 2.05) is 6.07 Å². The van der Waals surface area contributed by atoms with Gasteiger partial charge in [0.2, 0.25) is 11.8 Å². The van der Waals surface area contributed by atoms with Gasteiger partial charge in [0.05, 0.1) is 17.4 Å². The summed E-state index contributed by atoms with van der Waals surface area (Å²) in [7, 11) is 0. The molecule has 3 amide bonds. The smallest absolute Gasteiger partial charge is 0.416 e. The topological polar surface area (TPSA) is 106 Å². The Morgan fingerprint density at radius 3 is 2.63 bits per heavy atom. The van der Waals surface area contributed by atoms with Crippen LogP contribution < -0.4 is 10.1 Å². The second kappa shape index (κ2) is 12.2. The molecule has 3 saturated heterocycles. The van der Waals surface area contributed by atoms with Crippen LogP contribution in [-0.2, 0) is 33.6 Å². The van der Waals surface area contributed by atoms with E-state index in [4.69, 9.17) is 9.47 Å². The summed E-state index contributed by atoms with van der Waals surface area (Å²) in [5.41, 5.74) is 2.26. The lowest BCUT2D eigenvalue weighted by Gasteiger charge is -2.29. The van der Waals surface area contributed by atoms with E-state index in [-0.39, 0.29) is 36.8 Å². The van der Waals surface area contributed by atoms with Gasteiger partial charge in [0, 0.05) is 63.1 Å². The highest BCUT2D eigenvalue weighted by molar-refractivity contribution is 6.05. The number of carbonyl (C=O) groups is 3. The number of nitrogens with zero attached hydrogens (tertiary/aromatic N) is 4. The number of benzene rings is 2. The van der Waals surface area contributed by atoms with Crippen molar-refractivity contribution in [2.24, 2.45) is 0 Å². The second-order valence-corrected chi connectivity index (χ2v) is 12.4. The van der Waals surface area contributed by atoms with Crippen LogP contribution in [0.25, 0.3) is 5.69 Å². The number of carbonyl (C=O) groups excluding carboxylic acids is 3. The number of rotatable bonds is 7. The summed E-state index contributed by atoms with van der Waals surface area (Å²) in [6, 6.07) is 9.13. The van der Waals surface area contributed by atoms with Crippen molar-refractivity contribution < 1.29 is 37.0 Å². The van der Waals surface area contributed by atoms with E-state index < -0.39 is 23.7 Å². The maximum absolute atomic E-state index is 14.0. The lowest BCUT2D eigenvalue weighted by atomic mass is 9.88. The van der Waals surface area contributed by atoms with E-state index in [0.717, 1.165) is 24.1 Å². The van der Waals surface area contributed by atoms with E-state index in [0.29, 0.717) is 68.1 Å². The first-order chi connectivity index (χ1) is 22.1. The average Bonchev–Trinajstić information content (AvgIpc) is 3.76. The number of alkyl halides is 3. The number of imide groups is 1. The number of amides is 3. The monoisotopic (exact) mass is 637 g/mol. The van der Waals surface area contributed by atoms with E-state index in [1.165, 1.54) is 15.6 Å². The van der Waals surface area contributed by atoms with Gasteiger partial charge in [-0.3, -0.25) is 24.6 Å². The zero-order chi connectivity index (χ0) is 32.0. The molecule has 7 rings (SSSR count). The molecule has 1 N–H and O–H groups in total. The Kier molecular flexibility index (Phi) is 8.05. The molecule has 0 saturated carbocycles. The van der Waals surface area contributed by atoms with Crippen LogP contribution in [0.3, 0.4) is 0 Å². The summed E-state index contributed by atoms with van der Waals surface area (Å²) >= 11 is 0. The highest BCUT2D eigenvalue weighted by atomic mass is 19.4. The van der Waals surface area contributed by atoms with Crippen molar-refractivity contribution in [1.29, 1.82) is 0 Å². The maximum atomic E-state index is 14.0. The van der Waals surface area contributed by atoms with Gasteiger partial charge in [-0.25, -0.2) is 4.68 Å². The molecule has 2 aromatic carbocycles. The Hall–Kier alpha value is -4.23. The molecule has 10 nitrogen and oxygen atoms in total. The van der Waals surface area contributed by atoms with Crippen molar-refractivity contribution in [1.82, 2.24) is 24.9 Å². The fourth-order valence-electron chi connectivity index (χ4n) is 6.99. The fraction of sp³-hybridized carbons (Fsp3) is 0.455. The number of fused-ring (bicyclic) bond motifs is 1. The van der Waals surface area contributed by atoms with Gasteiger partial charge in [0.25, 0.3) is 5.91 Å². The van der Waals surface area contributed by atoms with Gasteiger partial charge < -0.3 is 14.4 Å². The lowest BCUT2D eigenvalue weighted by Crippen LogP contribution is -2.52. The molecule has 0 bridgehead atoms. The number of aromatic nitrogens is 2. The minimum atomic E-state index is -4.47. The highest BCUT2D eigenvalue weighted by Gasteiger charge is 2.40. The fourth-order valence-corrected chi connectivity index (χ4v) is 6.99. The summed E-state index contributed by atoms with van der Waals surface area (Å²) in [6.45, 7) is 3.22. The molecule has 0 aliphatic carbocycles. The van der Waals surface area contributed by atoms with Crippen molar-refractivity contribution in [2.75, 3.05) is 26.3 Å². The lowest BCUT2D eigenvalue weighted by molar-refractivity contribution is -0.139. The average molecular weight is 638 g/mol. The summed E-state index contributed by atoms with van der Waals surface area (Å²) < 4.78 is 55.3. The Balaban J connectivity index is 0.968. The van der Waals surface area contributed by atoms with Gasteiger partial charge in [-0.1, -0.05) is 6.07 Å². The van der Waals surface area contributed by atoms with Crippen molar-refractivity contribution in [3.05, 3.63) is 76.6 Å². The van der Waals surface area contributed by atoms with Gasteiger partial charge in [0.15, 0.2) is 0 Å². The third kappa shape index (κ3) is 6.13. The molecule has 2 unspecified atom stereocenters. The minimum absolute atomic E-state index is 0.0801. The molecule has 2 atom stereocenters. The van der Waals surface area contributed by atoms with Gasteiger partial charge in [-0.2, -0.15) is 18.3 Å². The summed E-state index contributed by atoms with van der Waals surface area (Å²) in [5.74, 6) is -0.532. The molecule has 13 heteroatoms. The number of hydrogen-bond donors (Lipinski definition) is 1. The number of nitrogens with one attached hydrogen (secondary N) is 1. The first kappa shape index (κ1) is 30.4. The molecule has 3 fully saturated rings. The highest BCUT2D eigenvalue weighted by Crippen LogP contribution is 2.39. The molecule has 46 heavy (non-hydrogen) atoms. The summed E-state index contributed by atoms with van der Waals surface area (Å²) in [4.78, 5) is 40.6. The summed E-state index contributed by atoms with van der Waals surface area (Å²) in [5, 5.41) is 6.68. The predicted octanol–water partition coefficient (Wildman–Crippen LogP) is 4.20. The van der Waals surface area contributed by atoms with Crippen LogP contribution in [-0.4, -0.2) is 75.8 Å². The molecular weight excluding hydrogens is 603 g/mol. The number of hydrogen-bond acceptors (Lipinski definition) is 7. The second-order valence-electron chi connectivity index (χ2n) is 12.4. The number of ether oxygens (including phenoxy) is 2. The van der Waals surface area contributed by atoms with Crippen molar-refractivity contribution in [3.8, 4) is 11.4 Å². The van der Waals surface area contributed by atoms with Crippen molar-refractivity contribution >= 4 is 17.7 Å². The zero-order valence-corrected chi connectivity index (χ0v) is 25.1. The van der Waals surface area contributed by atoms with Crippen LogP contribution in [0, 0.1) is 0 Å². The standard InChI is InChI=1S/C33H34F3N5O5/c34-33(35,36)28-14-23(1-3-26(28)21-8-11-45-12-9-21)41-17-20(15-37-41)16-39-10-7-25(19-39)46-24-2-4-27-22(13-24)18-40(32(27)44)29-5-6-30(42)38-31(29)43/h1-4,13-15,17,21,25,29H,5-12,16,18-19H2,(H,38,42,43). The van der Waals surface area contributed by atoms with Gasteiger partial charge in [-0.15, -0.1) is 0 Å². The Bertz CT molecular complexity index is 1670. The molecule has 4 aliphatic heterocycles. The first-order valence-corrected chi connectivity index (χ1v) is 15.6. The SMILES string of the molecule is O=C1CCC(N2Cc3cc(OC4CCN(Cc5cnn(-c6ccc(C7CCOCC7)c(C(F)(F)F)c6)c5)C4)ccc3C2=O)C(=O)N1. The van der Waals surface area contributed by atoms with Crippen LogP contribution in [0.4, 0.5) is 13.2 Å². The molecule has 5 heterocycles. The molecule has 4 aliphatic rings. The van der Waals surface area contributed by atoms with Crippen molar-refractivity contribution in [2.45, 2.75) is 69.4 Å². The Labute approximate surface area is 263 Å². The zero-order valence-electron chi connectivity index (χ0n) is 25.1. The Morgan fingerprint density at radius 1 is 1.02 bits per heavy atom. The van der Waals surface area contributed by atoms with E-state index >= 15 is 0 Å². The van der Waals surface area contributed by atoms with Crippen LogP contribution in [0.15, 0.2) is 48.8 Å². The molecule has 242 valence electrons. The molecule has 1 aromatic heterocycles. The first-order valence-electron chi connectivity index (χ1n) is 15.6. The maximum Gasteiger partial charge on any atom is 0.416 e. The third-order valence-corrected chi connectivity index (χ3v) is 9.34. The van der Waals surface area contributed by atoms with Crippen LogP contribution in [0.5, 0.6) is 5.75 Å². The number of likely N-dealkylation sites (tertiary alicyclic amines) is 1. The van der Waals surface area contributed by atoms with Gasteiger partial charge in [-0.05, 0) is 73.1 Å². The molecule has 0 spiro atoms. The van der Waals surface area contributed by atoms with Crippen LogP contribution in [0.2, 0.25) is 0 Å². The van der Waals surface area contributed by atoms with Crippen LogP contribution in [0.1, 0.15) is 70.6 Å². The molecule has 3 aromatic rings. The van der Waals surface area contributed by atoms with E-state index in [1.54, 1.807) is 36.7 Å². The van der Waals surface area contributed by atoms with Crippen LogP contribution >= 0.6 is 0 Å². The number of piperidine rings is 1. The normalized spacial score (nSPS) is 22.8.